The number of rotatable bonds is 7. The maximum absolute atomic E-state index is 14.3. The van der Waals surface area contributed by atoms with Gasteiger partial charge in [0.1, 0.15) is 11.6 Å². The summed E-state index contributed by atoms with van der Waals surface area (Å²) in [5.41, 5.74) is 1.66. The first-order chi connectivity index (χ1) is 17.3. The van der Waals surface area contributed by atoms with Crippen LogP contribution in [0.15, 0.2) is 71.5 Å². The van der Waals surface area contributed by atoms with E-state index >= 15 is 0 Å². The van der Waals surface area contributed by atoms with E-state index in [1.54, 1.807) is 61.5 Å². The second-order valence-electron chi connectivity index (χ2n) is 8.33. The molecule has 0 bridgehead atoms. The number of ether oxygens (including phenoxy) is 1. The minimum Gasteiger partial charge on any atom is -0.383 e. The molecule has 2 amide bonds. The van der Waals surface area contributed by atoms with Gasteiger partial charge in [0.15, 0.2) is 0 Å². The summed E-state index contributed by atoms with van der Waals surface area (Å²) < 4.78 is 21.0. The molecule has 0 radical (unpaired) electrons. The zero-order valence-corrected chi connectivity index (χ0v) is 20.9. The van der Waals surface area contributed by atoms with Crippen LogP contribution >= 0.6 is 11.6 Å². The van der Waals surface area contributed by atoms with Gasteiger partial charge in [-0.2, -0.15) is 0 Å². The van der Waals surface area contributed by atoms with Gasteiger partial charge in [-0.3, -0.25) is 9.36 Å². The number of benzene rings is 3. The number of nitrogens with zero attached hydrogens (tertiary/aromatic N) is 3. The Morgan fingerprint density at radius 3 is 2.61 bits per heavy atom. The van der Waals surface area contributed by atoms with E-state index in [1.807, 2.05) is 6.92 Å². The number of nitrogens with one attached hydrogen (secondary N) is 1. The van der Waals surface area contributed by atoms with Crippen molar-refractivity contribution in [3.05, 3.63) is 99.3 Å². The van der Waals surface area contributed by atoms with Crippen molar-refractivity contribution in [1.82, 2.24) is 14.5 Å². The molecular weight excluding hydrogens is 483 g/mol. The van der Waals surface area contributed by atoms with Gasteiger partial charge in [0.25, 0.3) is 5.56 Å². The Kier molecular flexibility index (Phi) is 7.67. The van der Waals surface area contributed by atoms with E-state index in [2.05, 4.69) is 5.32 Å². The maximum Gasteiger partial charge on any atom is 0.322 e. The number of hydrogen-bond donors (Lipinski definition) is 1. The molecule has 0 saturated heterocycles. The predicted octanol–water partition coefficient (Wildman–Crippen LogP) is 5.73. The van der Waals surface area contributed by atoms with Crippen LogP contribution in [0.5, 0.6) is 0 Å². The molecule has 1 N–H and O–H groups in total. The predicted molar refractivity (Wildman–Crippen MR) is 140 cm³/mol. The van der Waals surface area contributed by atoms with E-state index in [1.165, 1.54) is 28.7 Å². The summed E-state index contributed by atoms with van der Waals surface area (Å²) in [6.07, 6.45) is 0. The van der Waals surface area contributed by atoms with Crippen LogP contribution in [-0.4, -0.2) is 40.7 Å². The average molecular weight is 509 g/mol. The van der Waals surface area contributed by atoms with E-state index in [-0.39, 0.29) is 24.4 Å². The van der Waals surface area contributed by atoms with Gasteiger partial charge in [-0.1, -0.05) is 35.9 Å². The standard InChI is InChI=1S/C27H26ClFN4O3/c1-17-16-19(28)12-13-24(17)33-25(30-22-10-6-4-8-20(22)26(33)34)18(2)32(14-15-36-3)27(35)31-23-11-7-5-9-21(23)29/h4-13,16,18H,14-15H2,1-3H3,(H,31,35). The molecule has 0 aliphatic rings. The molecule has 0 aliphatic heterocycles. The molecule has 1 aromatic heterocycles. The average Bonchev–Trinajstić information content (AvgIpc) is 2.86. The van der Waals surface area contributed by atoms with Crippen LogP contribution in [0.1, 0.15) is 24.4 Å². The van der Waals surface area contributed by atoms with Gasteiger partial charge in [0, 0.05) is 18.7 Å². The zero-order chi connectivity index (χ0) is 25.8. The summed E-state index contributed by atoms with van der Waals surface area (Å²) >= 11 is 6.17. The van der Waals surface area contributed by atoms with Gasteiger partial charge in [-0.15, -0.1) is 0 Å². The smallest absolute Gasteiger partial charge is 0.322 e. The second-order valence-corrected chi connectivity index (χ2v) is 8.77. The van der Waals surface area contributed by atoms with Gasteiger partial charge >= 0.3 is 6.03 Å². The molecule has 7 nitrogen and oxygen atoms in total. The van der Waals surface area contributed by atoms with Crippen molar-refractivity contribution >= 4 is 34.2 Å². The molecular formula is C27H26ClFN4O3. The fraction of sp³-hybridized carbons (Fsp3) is 0.222. The molecule has 36 heavy (non-hydrogen) atoms. The van der Waals surface area contributed by atoms with E-state index < -0.39 is 17.9 Å². The Balaban J connectivity index is 1.86. The summed E-state index contributed by atoms with van der Waals surface area (Å²) in [5.74, 6) is -0.202. The lowest BCUT2D eigenvalue weighted by atomic mass is 10.1. The third kappa shape index (κ3) is 5.10. The molecule has 3 aromatic carbocycles. The Bertz CT molecular complexity index is 1470. The van der Waals surface area contributed by atoms with Crippen molar-refractivity contribution in [2.24, 2.45) is 0 Å². The number of aryl methyl sites for hydroxylation is 1. The normalized spacial score (nSPS) is 11.9. The lowest BCUT2D eigenvalue weighted by Crippen LogP contribution is -2.41. The lowest BCUT2D eigenvalue weighted by molar-refractivity contribution is 0.137. The highest BCUT2D eigenvalue weighted by atomic mass is 35.5. The first-order valence-electron chi connectivity index (χ1n) is 11.4. The van der Waals surface area contributed by atoms with Crippen LogP contribution < -0.4 is 10.9 Å². The summed E-state index contributed by atoms with van der Waals surface area (Å²) in [6.45, 7) is 4.03. The van der Waals surface area contributed by atoms with Crippen LogP contribution in [0, 0.1) is 12.7 Å². The van der Waals surface area contributed by atoms with Crippen molar-refractivity contribution in [3.63, 3.8) is 0 Å². The third-order valence-corrected chi connectivity index (χ3v) is 6.19. The van der Waals surface area contributed by atoms with Gasteiger partial charge in [-0.05, 0) is 61.9 Å². The maximum atomic E-state index is 14.3. The number of hydrogen-bond acceptors (Lipinski definition) is 4. The minimum absolute atomic E-state index is 0.0505. The minimum atomic E-state index is -0.681. The summed E-state index contributed by atoms with van der Waals surface area (Å²) in [5, 5.41) is 3.61. The monoisotopic (exact) mass is 508 g/mol. The van der Waals surface area contributed by atoms with Gasteiger partial charge < -0.3 is 15.0 Å². The van der Waals surface area contributed by atoms with Gasteiger partial charge in [0.05, 0.1) is 34.9 Å². The Morgan fingerprint density at radius 2 is 1.89 bits per heavy atom. The van der Waals surface area contributed by atoms with E-state index in [0.29, 0.717) is 27.4 Å². The molecule has 0 saturated carbocycles. The van der Waals surface area contributed by atoms with Gasteiger partial charge in [0.2, 0.25) is 0 Å². The number of anilines is 1. The van der Waals surface area contributed by atoms with E-state index in [4.69, 9.17) is 21.3 Å². The molecule has 9 heteroatoms. The Labute approximate surface area is 213 Å². The molecule has 0 aliphatic carbocycles. The molecule has 1 heterocycles. The van der Waals surface area contributed by atoms with Gasteiger partial charge in [-0.25, -0.2) is 14.2 Å². The number of carbonyl (C=O) groups excluding carboxylic acids is 1. The van der Waals surface area contributed by atoms with Crippen LogP contribution in [0.3, 0.4) is 0 Å². The van der Waals surface area contributed by atoms with E-state index in [0.717, 1.165) is 5.56 Å². The Morgan fingerprint density at radius 1 is 1.17 bits per heavy atom. The zero-order valence-electron chi connectivity index (χ0n) is 20.2. The number of carbonyl (C=O) groups is 1. The van der Waals surface area contributed by atoms with Crippen LogP contribution in [0.4, 0.5) is 14.9 Å². The van der Waals surface area contributed by atoms with Crippen molar-refractivity contribution in [1.29, 1.82) is 0 Å². The molecule has 0 fully saturated rings. The molecule has 4 rings (SSSR count). The number of para-hydroxylation sites is 2. The summed E-state index contributed by atoms with van der Waals surface area (Å²) in [4.78, 5) is 33.4. The number of halogens is 2. The number of methoxy groups -OCH3 is 1. The van der Waals surface area contributed by atoms with E-state index in [9.17, 15) is 14.0 Å². The SMILES string of the molecule is COCCN(C(=O)Nc1ccccc1F)C(C)c1nc2ccccc2c(=O)n1-c1ccc(Cl)cc1C. The van der Waals surface area contributed by atoms with Crippen LogP contribution in [0.2, 0.25) is 5.02 Å². The summed E-state index contributed by atoms with van der Waals surface area (Å²) in [6, 6.07) is 17.0. The molecule has 1 atom stereocenters. The van der Waals surface area contributed by atoms with Crippen molar-refractivity contribution in [3.8, 4) is 5.69 Å². The third-order valence-electron chi connectivity index (χ3n) is 5.96. The quantitative estimate of drug-likeness (QED) is 0.346. The largest absolute Gasteiger partial charge is 0.383 e. The molecule has 1 unspecified atom stereocenters. The van der Waals surface area contributed by atoms with Crippen LogP contribution in [-0.2, 0) is 4.74 Å². The number of fused-ring (bicyclic) bond motifs is 1. The fourth-order valence-electron chi connectivity index (χ4n) is 4.08. The highest BCUT2D eigenvalue weighted by Gasteiger charge is 2.27. The Hall–Kier alpha value is -3.75. The topological polar surface area (TPSA) is 76.5 Å². The highest BCUT2D eigenvalue weighted by molar-refractivity contribution is 6.30. The first-order valence-corrected chi connectivity index (χ1v) is 11.8. The highest BCUT2D eigenvalue weighted by Crippen LogP contribution is 2.26. The first kappa shape index (κ1) is 25.3. The second kappa shape index (κ2) is 10.9. The van der Waals surface area contributed by atoms with Crippen molar-refractivity contribution in [2.45, 2.75) is 19.9 Å². The number of urea groups is 1. The van der Waals surface area contributed by atoms with Crippen molar-refractivity contribution < 1.29 is 13.9 Å². The van der Waals surface area contributed by atoms with Crippen LogP contribution in [0.25, 0.3) is 16.6 Å². The molecule has 186 valence electrons. The molecule has 0 spiro atoms. The fourth-order valence-corrected chi connectivity index (χ4v) is 4.31. The number of amides is 2. The van der Waals surface area contributed by atoms with Crippen molar-refractivity contribution in [2.75, 3.05) is 25.6 Å². The molecule has 4 aromatic rings. The lowest BCUT2D eigenvalue weighted by Gasteiger charge is -2.30. The number of aromatic nitrogens is 2. The summed E-state index contributed by atoms with van der Waals surface area (Å²) in [7, 11) is 1.53.